The Kier molecular flexibility index (Phi) is 3.65. The number of hydrogen-bond donors (Lipinski definition) is 3. The van der Waals surface area contributed by atoms with Crippen LogP contribution in [0.1, 0.15) is 15.5 Å². The fraction of sp³-hybridized carbons (Fsp3) is 0.333. The number of hydrogen-bond acceptors (Lipinski definition) is 7. The molecule has 1 aromatic heterocycles. The van der Waals surface area contributed by atoms with Crippen molar-refractivity contribution in [3.05, 3.63) is 16.1 Å². The van der Waals surface area contributed by atoms with Crippen molar-refractivity contribution in [1.29, 1.82) is 0 Å². The summed E-state index contributed by atoms with van der Waals surface area (Å²) in [6, 6.07) is 0. The molecule has 4 N–H and O–H groups in total. The van der Waals surface area contributed by atoms with Gasteiger partial charge in [0, 0.05) is 11.9 Å². The first kappa shape index (κ1) is 12.6. The maximum atomic E-state index is 11.2. The lowest BCUT2D eigenvalue weighted by Gasteiger charge is -2.24. The van der Waals surface area contributed by atoms with E-state index in [0.717, 1.165) is 11.3 Å². The number of nitrogens with two attached hydrogens (primary N) is 1. The van der Waals surface area contributed by atoms with Gasteiger partial charge in [0.15, 0.2) is 5.01 Å². The third kappa shape index (κ3) is 2.88. The van der Waals surface area contributed by atoms with Gasteiger partial charge in [0.2, 0.25) is 11.8 Å². The first-order chi connectivity index (χ1) is 8.58. The van der Waals surface area contributed by atoms with Crippen molar-refractivity contribution >= 4 is 29.1 Å². The molecular weight excluding hydrogens is 258 g/mol. The zero-order valence-corrected chi connectivity index (χ0v) is 10.1. The Labute approximate surface area is 106 Å². The topological polar surface area (TPSA) is 117 Å². The van der Waals surface area contributed by atoms with Gasteiger partial charge in [-0.05, 0) is 0 Å². The number of hydrazine groups is 1. The van der Waals surface area contributed by atoms with E-state index >= 15 is 0 Å². The molecule has 9 heteroatoms. The molecule has 1 aliphatic rings. The number of carbonyl (C=O) groups excluding carboxylic acids is 3. The summed E-state index contributed by atoms with van der Waals surface area (Å²) in [5.74, 6) is 3.87. The van der Waals surface area contributed by atoms with Gasteiger partial charge in [0.1, 0.15) is 0 Å². The number of rotatable bonds is 3. The van der Waals surface area contributed by atoms with Gasteiger partial charge in [-0.1, -0.05) is 0 Å². The molecule has 0 bridgehead atoms. The van der Waals surface area contributed by atoms with Crippen LogP contribution >= 0.6 is 11.3 Å². The summed E-state index contributed by atoms with van der Waals surface area (Å²) in [6.07, 6.45) is 0. The van der Waals surface area contributed by atoms with Gasteiger partial charge >= 0.3 is 0 Å². The number of imide groups is 1. The minimum atomic E-state index is -0.460. The number of nitrogens with zero attached hydrogens (tertiary/aromatic N) is 2. The number of piperazine rings is 1. The summed E-state index contributed by atoms with van der Waals surface area (Å²) < 4.78 is 0. The van der Waals surface area contributed by atoms with E-state index in [-0.39, 0.29) is 29.9 Å². The number of aromatic nitrogens is 1. The molecule has 0 aromatic carbocycles. The van der Waals surface area contributed by atoms with Gasteiger partial charge in [0.25, 0.3) is 5.91 Å². The van der Waals surface area contributed by atoms with Crippen LogP contribution in [-0.4, -0.2) is 40.7 Å². The Morgan fingerprint density at radius 1 is 1.50 bits per heavy atom. The number of nitrogen functional groups attached to an aromatic ring is 1. The average molecular weight is 269 g/mol. The molecule has 0 aliphatic carbocycles. The summed E-state index contributed by atoms with van der Waals surface area (Å²) in [5, 5.41) is 4.16. The minimum Gasteiger partial charge on any atom is -0.294 e. The third-order valence-electron chi connectivity index (χ3n) is 2.28. The summed E-state index contributed by atoms with van der Waals surface area (Å²) in [4.78, 5) is 39.2. The van der Waals surface area contributed by atoms with Crippen LogP contribution in [0.2, 0.25) is 0 Å². The van der Waals surface area contributed by atoms with Gasteiger partial charge in [-0.15, -0.1) is 11.3 Å². The molecule has 18 heavy (non-hydrogen) atoms. The highest BCUT2D eigenvalue weighted by atomic mass is 32.1. The van der Waals surface area contributed by atoms with E-state index in [1.807, 2.05) is 5.43 Å². The van der Waals surface area contributed by atoms with Crippen LogP contribution in [0.4, 0.5) is 0 Å². The molecule has 0 unspecified atom stereocenters. The second kappa shape index (κ2) is 5.21. The highest BCUT2D eigenvalue weighted by Crippen LogP contribution is 2.12. The molecule has 1 saturated heterocycles. The quantitative estimate of drug-likeness (QED) is 0.258. The van der Waals surface area contributed by atoms with Crippen LogP contribution in [0, 0.1) is 0 Å². The van der Waals surface area contributed by atoms with E-state index in [2.05, 4.69) is 10.3 Å². The van der Waals surface area contributed by atoms with E-state index in [0.29, 0.717) is 12.2 Å². The standard InChI is InChI=1S/C9H11N5O3S/c10-13-8(17)9-11-5(4-18-9)1-14-2-6(15)12-7(16)3-14/h4H,1-3,10H2,(H,13,17)(H,12,15,16). The lowest BCUT2D eigenvalue weighted by molar-refractivity contribution is -0.136. The molecule has 0 spiro atoms. The molecule has 2 heterocycles. The molecule has 96 valence electrons. The van der Waals surface area contributed by atoms with Crippen LogP contribution in [0.5, 0.6) is 0 Å². The summed E-state index contributed by atoms with van der Waals surface area (Å²) in [7, 11) is 0. The van der Waals surface area contributed by atoms with Crippen LogP contribution in [-0.2, 0) is 16.1 Å². The van der Waals surface area contributed by atoms with Crippen LogP contribution < -0.4 is 16.6 Å². The Balaban J connectivity index is 2.01. The van der Waals surface area contributed by atoms with Crippen LogP contribution in [0.15, 0.2) is 5.38 Å². The average Bonchev–Trinajstić information content (AvgIpc) is 2.75. The van der Waals surface area contributed by atoms with Crippen molar-refractivity contribution in [2.24, 2.45) is 5.84 Å². The molecule has 1 fully saturated rings. The van der Waals surface area contributed by atoms with Gasteiger partial charge in [-0.3, -0.25) is 30.0 Å². The molecule has 1 aliphatic heterocycles. The predicted octanol–water partition coefficient (Wildman–Crippen LogP) is -1.79. The fourth-order valence-electron chi connectivity index (χ4n) is 1.58. The van der Waals surface area contributed by atoms with E-state index in [4.69, 9.17) is 5.84 Å². The number of thiazole rings is 1. The molecule has 0 radical (unpaired) electrons. The number of nitrogens with one attached hydrogen (secondary N) is 2. The van der Waals surface area contributed by atoms with Crippen LogP contribution in [0.25, 0.3) is 0 Å². The maximum Gasteiger partial charge on any atom is 0.294 e. The Hall–Kier alpha value is -1.84. The molecule has 8 nitrogen and oxygen atoms in total. The number of amides is 3. The zero-order valence-electron chi connectivity index (χ0n) is 9.30. The maximum absolute atomic E-state index is 11.2. The molecular formula is C9H11N5O3S. The van der Waals surface area contributed by atoms with Gasteiger partial charge in [-0.2, -0.15) is 0 Å². The normalized spacial score (nSPS) is 16.5. The predicted molar refractivity (Wildman–Crippen MR) is 62.2 cm³/mol. The van der Waals surface area contributed by atoms with Crippen molar-refractivity contribution in [3.8, 4) is 0 Å². The van der Waals surface area contributed by atoms with E-state index in [9.17, 15) is 14.4 Å². The molecule has 3 amide bonds. The second-order valence-corrected chi connectivity index (χ2v) is 4.59. The minimum absolute atomic E-state index is 0.141. The zero-order chi connectivity index (χ0) is 13.1. The first-order valence-electron chi connectivity index (χ1n) is 5.09. The van der Waals surface area contributed by atoms with Crippen molar-refractivity contribution in [1.82, 2.24) is 20.6 Å². The molecule has 1 aromatic rings. The van der Waals surface area contributed by atoms with E-state index < -0.39 is 5.91 Å². The lowest BCUT2D eigenvalue weighted by atomic mass is 10.3. The summed E-state index contributed by atoms with van der Waals surface area (Å²) in [5.41, 5.74) is 2.62. The first-order valence-corrected chi connectivity index (χ1v) is 5.97. The van der Waals surface area contributed by atoms with Crippen molar-refractivity contribution in [3.63, 3.8) is 0 Å². The number of carbonyl (C=O) groups is 3. The monoisotopic (exact) mass is 269 g/mol. The Morgan fingerprint density at radius 3 is 2.78 bits per heavy atom. The fourth-order valence-corrected chi connectivity index (χ4v) is 2.29. The van der Waals surface area contributed by atoms with E-state index in [1.165, 1.54) is 0 Å². The Morgan fingerprint density at radius 2 is 2.17 bits per heavy atom. The van der Waals surface area contributed by atoms with Crippen molar-refractivity contribution in [2.45, 2.75) is 6.54 Å². The smallest absolute Gasteiger partial charge is 0.294 e. The highest BCUT2D eigenvalue weighted by molar-refractivity contribution is 7.11. The van der Waals surface area contributed by atoms with Gasteiger partial charge < -0.3 is 0 Å². The SMILES string of the molecule is NNC(=O)c1nc(CN2CC(=O)NC(=O)C2)cs1. The van der Waals surface area contributed by atoms with Gasteiger partial charge in [0.05, 0.1) is 18.8 Å². The largest absolute Gasteiger partial charge is 0.294 e. The molecule has 0 atom stereocenters. The molecule has 0 saturated carbocycles. The molecule has 2 rings (SSSR count). The van der Waals surface area contributed by atoms with Crippen molar-refractivity contribution in [2.75, 3.05) is 13.1 Å². The summed E-state index contributed by atoms with van der Waals surface area (Å²) >= 11 is 1.16. The highest BCUT2D eigenvalue weighted by Gasteiger charge is 2.23. The Bertz CT molecular complexity index is 484. The second-order valence-electron chi connectivity index (χ2n) is 3.73. The summed E-state index contributed by atoms with van der Waals surface area (Å²) in [6.45, 7) is 0.622. The van der Waals surface area contributed by atoms with E-state index in [1.54, 1.807) is 10.3 Å². The third-order valence-corrected chi connectivity index (χ3v) is 3.17. The van der Waals surface area contributed by atoms with Crippen LogP contribution in [0.3, 0.4) is 0 Å². The van der Waals surface area contributed by atoms with Crippen molar-refractivity contribution < 1.29 is 14.4 Å². The van der Waals surface area contributed by atoms with Gasteiger partial charge in [-0.25, -0.2) is 10.8 Å². The lowest BCUT2D eigenvalue weighted by Crippen LogP contribution is -2.50.